The molecule has 7 nitrogen and oxygen atoms in total. The van der Waals surface area contributed by atoms with Crippen LogP contribution in [0.15, 0.2) is 30.3 Å². The predicted molar refractivity (Wildman–Crippen MR) is 74.7 cm³/mol. The Bertz CT molecular complexity index is 630. The number of rotatable bonds is 4. The summed E-state index contributed by atoms with van der Waals surface area (Å²) in [6, 6.07) is 8.86. The van der Waals surface area contributed by atoms with Crippen LogP contribution in [0.4, 0.5) is 5.95 Å². The van der Waals surface area contributed by atoms with E-state index in [1.165, 1.54) is 6.07 Å². The molecule has 1 amide bonds. The quantitative estimate of drug-likeness (QED) is 0.429. The van der Waals surface area contributed by atoms with Crippen molar-refractivity contribution in [2.75, 3.05) is 12.3 Å². The lowest BCUT2D eigenvalue weighted by Crippen LogP contribution is -2.31. The summed E-state index contributed by atoms with van der Waals surface area (Å²) in [6.45, 7) is 2.41. The SMILES string of the molecule is CCOc1ccccc1-c1cc(C(=O)NN)nc(N)n1. The third kappa shape index (κ3) is 2.83. The first kappa shape index (κ1) is 13.8. The third-order valence-electron chi connectivity index (χ3n) is 2.57. The number of ether oxygens (including phenoxy) is 1. The van der Waals surface area contributed by atoms with Crippen molar-refractivity contribution in [1.82, 2.24) is 15.4 Å². The fourth-order valence-corrected chi connectivity index (χ4v) is 1.75. The maximum Gasteiger partial charge on any atom is 0.283 e. The molecular formula is C13H15N5O2. The highest BCUT2D eigenvalue weighted by molar-refractivity contribution is 5.93. The van der Waals surface area contributed by atoms with E-state index in [0.29, 0.717) is 18.1 Å². The fourth-order valence-electron chi connectivity index (χ4n) is 1.75. The Morgan fingerprint density at radius 2 is 2.10 bits per heavy atom. The summed E-state index contributed by atoms with van der Waals surface area (Å²) in [4.78, 5) is 19.5. The summed E-state index contributed by atoms with van der Waals surface area (Å²) >= 11 is 0. The van der Waals surface area contributed by atoms with E-state index in [2.05, 4.69) is 9.97 Å². The van der Waals surface area contributed by atoms with Crippen LogP contribution in [0.1, 0.15) is 17.4 Å². The second-order valence-electron chi connectivity index (χ2n) is 3.90. The number of hydrogen-bond donors (Lipinski definition) is 3. The van der Waals surface area contributed by atoms with Crippen molar-refractivity contribution in [3.05, 3.63) is 36.0 Å². The highest BCUT2D eigenvalue weighted by Crippen LogP contribution is 2.29. The van der Waals surface area contributed by atoms with Gasteiger partial charge in [-0.25, -0.2) is 15.8 Å². The lowest BCUT2D eigenvalue weighted by atomic mass is 10.1. The number of benzene rings is 1. The number of anilines is 1. The fraction of sp³-hybridized carbons (Fsp3) is 0.154. The van der Waals surface area contributed by atoms with Gasteiger partial charge in [0.15, 0.2) is 0 Å². The van der Waals surface area contributed by atoms with Crippen LogP contribution in [0.5, 0.6) is 5.75 Å². The number of nitrogens with one attached hydrogen (secondary N) is 1. The molecule has 1 aromatic heterocycles. The molecule has 0 aliphatic rings. The Morgan fingerprint density at radius 1 is 1.35 bits per heavy atom. The monoisotopic (exact) mass is 273 g/mol. The molecule has 0 saturated carbocycles. The van der Waals surface area contributed by atoms with Crippen LogP contribution < -0.4 is 21.7 Å². The summed E-state index contributed by atoms with van der Waals surface area (Å²) in [7, 11) is 0. The molecule has 0 fully saturated rings. The van der Waals surface area contributed by atoms with Gasteiger partial charge in [0.25, 0.3) is 5.91 Å². The van der Waals surface area contributed by atoms with Gasteiger partial charge < -0.3 is 10.5 Å². The van der Waals surface area contributed by atoms with E-state index < -0.39 is 5.91 Å². The second kappa shape index (κ2) is 5.98. The van der Waals surface area contributed by atoms with E-state index in [1.54, 1.807) is 0 Å². The van der Waals surface area contributed by atoms with E-state index in [1.807, 2.05) is 36.6 Å². The van der Waals surface area contributed by atoms with Crippen molar-refractivity contribution in [1.29, 1.82) is 0 Å². The second-order valence-corrected chi connectivity index (χ2v) is 3.90. The van der Waals surface area contributed by atoms with Gasteiger partial charge in [0.05, 0.1) is 12.3 Å². The normalized spacial score (nSPS) is 10.1. The first-order chi connectivity index (χ1) is 9.65. The van der Waals surface area contributed by atoms with Crippen molar-refractivity contribution < 1.29 is 9.53 Å². The highest BCUT2D eigenvalue weighted by atomic mass is 16.5. The van der Waals surface area contributed by atoms with Gasteiger partial charge in [-0.15, -0.1) is 0 Å². The van der Waals surface area contributed by atoms with Crippen molar-refractivity contribution in [2.45, 2.75) is 6.92 Å². The topological polar surface area (TPSA) is 116 Å². The van der Waals surface area contributed by atoms with E-state index in [-0.39, 0.29) is 11.6 Å². The Hall–Kier alpha value is -2.67. The van der Waals surface area contributed by atoms with E-state index >= 15 is 0 Å². The van der Waals surface area contributed by atoms with Crippen molar-refractivity contribution in [2.24, 2.45) is 5.84 Å². The molecule has 1 heterocycles. The number of para-hydroxylation sites is 1. The maximum atomic E-state index is 11.5. The maximum absolute atomic E-state index is 11.5. The average molecular weight is 273 g/mol. The van der Waals surface area contributed by atoms with Gasteiger partial charge in [0, 0.05) is 5.56 Å². The molecule has 0 spiro atoms. The molecule has 0 aliphatic heterocycles. The zero-order valence-electron chi connectivity index (χ0n) is 11.0. The van der Waals surface area contributed by atoms with Gasteiger partial charge in [0.2, 0.25) is 5.95 Å². The minimum Gasteiger partial charge on any atom is -0.493 e. The van der Waals surface area contributed by atoms with Crippen molar-refractivity contribution in [3.63, 3.8) is 0 Å². The van der Waals surface area contributed by atoms with E-state index in [9.17, 15) is 4.79 Å². The zero-order chi connectivity index (χ0) is 14.5. The smallest absolute Gasteiger partial charge is 0.283 e. The van der Waals surface area contributed by atoms with Crippen LogP contribution in [0.3, 0.4) is 0 Å². The number of nitrogens with two attached hydrogens (primary N) is 2. The number of nitrogens with zero attached hydrogens (tertiary/aromatic N) is 2. The first-order valence-electron chi connectivity index (χ1n) is 6.03. The summed E-state index contributed by atoms with van der Waals surface area (Å²) in [6.07, 6.45) is 0. The molecule has 20 heavy (non-hydrogen) atoms. The molecule has 0 radical (unpaired) electrons. The number of carbonyl (C=O) groups is 1. The molecule has 0 saturated heterocycles. The Labute approximate surface area is 115 Å². The van der Waals surface area contributed by atoms with Crippen molar-refractivity contribution >= 4 is 11.9 Å². The molecule has 5 N–H and O–H groups in total. The van der Waals surface area contributed by atoms with Crippen LogP contribution in [-0.2, 0) is 0 Å². The number of carbonyl (C=O) groups excluding carboxylic acids is 1. The summed E-state index contributed by atoms with van der Waals surface area (Å²) < 4.78 is 5.53. The Balaban J connectivity index is 2.52. The molecule has 2 rings (SSSR count). The van der Waals surface area contributed by atoms with Crippen LogP contribution in [0, 0.1) is 0 Å². The van der Waals surface area contributed by atoms with E-state index in [0.717, 1.165) is 5.56 Å². The molecule has 0 bridgehead atoms. The molecule has 1 aromatic carbocycles. The number of amides is 1. The number of hydrogen-bond acceptors (Lipinski definition) is 6. The highest BCUT2D eigenvalue weighted by Gasteiger charge is 2.13. The molecule has 0 atom stereocenters. The zero-order valence-corrected chi connectivity index (χ0v) is 11.0. The summed E-state index contributed by atoms with van der Waals surface area (Å²) in [5.41, 5.74) is 8.97. The van der Waals surface area contributed by atoms with Crippen LogP contribution in [-0.4, -0.2) is 22.5 Å². The standard InChI is InChI=1S/C13H15N5O2/c1-2-20-11-6-4-3-5-8(11)9-7-10(12(19)18-15)17-13(14)16-9/h3-7H,2,15H2,1H3,(H,18,19)(H2,14,16,17). The van der Waals surface area contributed by atoms with Gasteiger partial charge in [0.1, 0.15) is 11.4 Å². The minimum atomic E-state index is -0.533. The predicted octanol–water partition coefficient (Wildman–Crippen LogP) is 0.728. The molecular weight excluding hydrogens is 258 g/mol. The summed E-state index contributed by atoms with van der Waals surface area (Å²) in [5, 5.41) is 0. The molecule has 2 aromatic rings. The van der Waals surface area contributed by atoms with Crippen LogP contribution in [0.25, 0.3) is 11.3 Å². The van der Waals surface area contributed by atoms with Gasteiger partial charge in [-0.1, -0.05) is 12.1 Å². The Kier molecular flexibility index (Phi) is 4.11. The molecule has 0 unspecified atom stereocenters. The summed E-state index contributed by atoms with van der Waals surface area (Å²) in [5.74, 6) is 5.21. The Morgan fingerprint density at radius 3 is 2.80 bits per heavy atom. The van der Waals surface area contributed by atoms with Crippen molar-refractivity contribution in [3.8, 4) is 17.0 Å². The van der Waals surface area contributed by atoms with Gasteiger partial charge in [-0.05, 0) is 25.1 Å². The minimum absolute atomic E-state index is 0.00704. The number of aromatic nitrogens is 2. The van der Waals surface area contributed by atoms with Gasteiger partial charge in [-0.3, -0.25) is 10.2 Å². The third-order valence-corrected chi connectivity index (χ3v) is 2.57. The number of hydrazine groups is 1. The van der Waals surface area contributed by atoms with Crippen LogP contribution in [0.2, 0.25) is 0 Å². The van der Waals surface area contributed by atoms with Gasteiger partial charge in [-0.2, -0.15) is 0 Å². The first-order valence-corrected chi connectivity index (χ1v) is 6.03. The lowest BCUT2D eigenvalue weighted by molar-refractivity contribution is 0.0948. The molecule has 0 aliphatic carbocycles. The molecule has 104 valence electrons. The number of nitrogen functional groups attached to an aromatic ring is 2. The molecule has 7 heteroatoms. The average Bonchev–Trinajstić information content (AvgIpc) is 2.46. The van der Waals surface area contributed by atoms with E-state index in [4.69, 9.17) is 16.3 Å². The van der Waals surface area contributed by atoms with Crippen LogP contribution >= 0.6 is 0 Å². The largest absolute Gasteiger partial charge is 0.493 e. The van der Waals surface area contributed by atoms with Gasteiger partial charge >= 0.3 is 0 Å². The lowest BCUT2D eigenvalue weighted by Gasteiger charge is -2.10.